The summed E-state index contributed by atoms with van der Waals surface area (Å²) in [5.74, 6) is 0.0822. The largest absolute Gasteiger partial charge is 0.396 e. The Morgan fingerprint density at radius 1 is 1.41 bits per heavy atom. The summed E-state index contributed by atoms with van der Waals surface area (Å²) in [6, 6.07) is 7.78. The fraction of sp³-hybridized carbons (Fsp3) is 0.526. The van der Waals surface area contributed by atoms with Crippen LogP contribution in [0.4, 0.5) is 0 Å². The van der Waals surface area contributed by atoms with Gasteiger partial charge in [-0.1, -0.05) is 31.6 Å². The lowest BCUT2D eigenvalue weighted by molar-refractivity contribution is 0.0222. The van der Waals surface area contributed by atoms with Crippen molar-refractivity contribution in [2.75, 3.05) is 19.7 Å². The molecule has 1 saturated heterocycles. The number of hydrogen-bond acceptors (Lipinski definition) is 2. The Morgan fingerprint density at radius 3 is 2.73 bits per heavy atom. The molecule has 1 aliphatic heterocycles. The van der Waals surface area contributed by atoms with Gasteiger partial charge >= 0.3 is 0 Å². The van der Waals surface area contributed by atoms with Gasteiger partial charge in [-0.3, -0.25) is 4.79 Å². The number of aliphatic hydroxyl groups is 1. The fourth-order valence-electron chi connectivity index (χ4n) is 3.46. The molecule has 22 heavy (non-hydrogen) atoms. The summed E-state index contributed by atoms with van der Waals surface area (Å²) in [6.07, 6.45) is 6.69. The van der Waals surface area contributed by atoms with E-state index in [4.69, 9.17) is 0 Å². The molecule has 0 aromatic heterocycles. The molecule has 0 unspecified atom stereocenters. The van der Waals surface area contributed by atoms with Crippen molar-refractivity contribution in [1.82, 2.24) is 4.90 Å². The molecule has 1 atom stereocenters. The van der Waals surface area contributed by atoms with Crippen LogP contribution in [-0.2, 0) is 6.42 Å². The Kier molecular flexibility index (Phi) is 5.78. The predicted molar refractivity (Wildman–Crippen MR) is 89.9 cm³/mol. The third kappa shape index (κ3) is 3.77. The molecule has 1 heterocycles. The second-order valence-corrected chi connectivity index (χ2v) is 6.43. The minimum atomic E-state index is -0.106. The van der Waals surface area contributed by atoms with E-state index in [2.05, 4.69) is 13.5 Å². The first-order valence-corrected chi connectivity index (χ1v) is 8.24. The maximum absolute atomic E-state index is 12.7. The topological polar surface area (TPSA) is 40.5 Å². The fourth-order valence-corrected chi connectivity index (χ4v) is 3.46. The number of aliphatic hydroxyl groups excluding tert-OH is 1. The van der Waals surface area contributed by atoms with Crippen molar-refractivity contribution in [3.05, 3.63) is 48.0 Å². The van der Waals surface area contributed by atoms with Crippen molar-refractivity contribution in [3.8, 4) is 0 Å². The Bertz CT molecular complexity index is 505. The molecule has 3 heteroatoms. The van der Waals surface area contributed by atoms with Crippen LogP contribution in [0, 0.1) is 5.41 Å². The van der Waals surface area contributed by atoms with Crippen LogP contribution in [-0.4, -0.2) is 35.6 Å². The Balaban J connectivity index is 2.09. The van der Waals surface area contributed by atoms with Crippen LogP contribution in [0.2, 0.25) is 0 Å². The molecule has 2 rings (SSSR count). The van der Waals surface area contributed by atoms with Gasteiger partial charge in [-0.2, -0.15) is 0 Å². The van der Waals surface area contributed by atoms with Crippen molar-refractivity contribution >= 4 is 5.91 Å². The Hall–Kier alpha value is -1.61. The number of likely N-dealkylation sites (tertiary alicyclic amines) is 1. The van der Waals surface area contributed by atoms with Crippen LogP contribution < -0.4 is 0 Å². The Morgan fingerprint density at radius 2 is 2.14 bits per heavy atom. The van der Waals surface area contributed by atoms with Gasteiger partial charge < -0.3 is 10.0 Å². The van der Waals surface area contributed by atoms with Crippen molar-refractivity contribution in [3.63, 3.8) is 0 Å². The lowest BCUT2D eigenvalue weighted by atomic mass is 9.77. The summed E-state index contributed by atoms with van der Waals surface area (Å²) in [7, 11) is 0. The molecular formula is C19H27NO2. The van der Waals surface area contributed by atoms with Gasteiger partial charge in [-0.15, -0.1) is 6.58 Å². The summed E-state index contributed by atoms with van der Waals surface area (Å²) < 4.78 is 0. The molecule has 120 valence electrons. The van der Waals surface area contributed by atoms with Gasteiger partial charge in [0.2, 0.25) is 0 Å². The molecule has 1 aliphatic rings. The lowest BCUT2D eigenvalue weighted by Crippen LogP contribution is -2.47. The van der Waals surface area contributed by atoms with E-state index in [0.717, 1.165) is 44.2 Å². The standard InChI is InChI=1S/C19H27NO2/c1-3-6-16-7-9-17(10-8-16)18(22)20-13-5-12-19(14-20,15-21)11-4-2/h3,7-10,21H,1,4-6,11-15H2,2H3/t19-/m1/s1. The first-order valence-electron chi connectivity index (χ1n) is 8.24. The number of piperidine rings is 1. The monoisotopic (exact) mass is 301 g/mol. The molecule has 3 nitrogen and oxygen atoms in total. The van der Waals surface area contributed by atoms with Crippen LogP contribution in [0.1, 0.15) is 48.5 Å². The van der Waals surface area contributed by atoms with Crippen LogP contribution in [0.5, 0.6) is 0 Å². The number of nitrogens with zero attached hydrogens (tertiary/aromatic N) is 1. The van der Waals surface area contributed by atoms with Crippen molar-refractivity contribution < 1.29 is 9.90 Å². The van der Waals surface area contributed by atoms with Crippen molar-refractivity contribution in [2.45, 2.75) is 39.0 Å². The second kappa shape index (κ2) is 7.59. The first-order chi connectivity index (χ1) is 10.6. The minimum Gasteiger partial charge on any atom is -0.396 e. The molecule has 0 bridgehead atoms. The number of amides is 1. The average molecular weight is 301 g/mol. The van der Waals surface area contributed by atoms with Crippen LogP contribution >= 0.6 is 0 Å². The summed E-state index contributed by atoms with van der Waals surface area (Å²) in [5.41, 5.74) is 1.80. The van der Waals surface area contributed by atoms with Gasteiger partial charge in [0.15, 0.2) is 0 Å². The van der Waals surface area contributed by atoms with Crippen molar-refractivity contribution in [1.29, 1.82) is 0 Å². The number of carbonyl (C=O) groups is 1. The van der Waals surface area contributed by atoms with E-state index in [9.17, 15) is 9.90 Å². The molecule has 1 aromatic rings. The van der Waals surface area contributed by atoms with Gasteiger partial charge in [-0.25, -0.2) is 0 Å². The number of rotatable bonds is 6. The maximum Gasteiger partial charge on any atom is 0.253 e. The van der Waals surface area contributed by atoms with Gasteiger partial charge in [0.25, 0.3) is 5.91 Å². The summed E-state index contributed by atoms with van der Waals surface area (Å²) >= 11 is 0. The number of allylic oxidation sites excluding steroid dienone is 1. The third-order valence-electron chi connectivity index (χ3n) is 4.65. The SMILES string of the molecule is C=CCc1ccc(C(=O)N2CCC[C@](CO)(CCC)C2)cc1. The minimum absolute atomic E-state index is 0.0822. The zero-order chi connectivity index (χ0) is 16.0. The predicted octanol–water partition coefficient (Wildman–Crippen LogP) is 3.43. The van der Waals surface area contributed by atoms with Gasteiger partial charge in [0.1, 0.15) is 0 Å². The van der Waals surface area contributed by atoms with E-state index in [-0.39, 0.29) is 17.9 Å². The highest BCUT2D eigenvalue weighted by molar-refractivity contribution is 5.94. The summed E-state index contributed by atoms with van der Waals surface area (Å²) in [5, 5.41) is 9.79. The van der Waals surface area contributed by atoms with Crippen molar-refractivity contribution in [2.24, 2.45) is 5.41 Å². The molecule has 1 amide bonds. The average Bonchev–Trinajstić information content (AvgIpc) is 2.56. The van der Waals surface area contributed by atoms with E-state index >= 15 is 0 Å². The molecule has 1 aromatic carbocycles. The number of hydrogen-bond donors (Lipinski definition) is 1. The van der Waals surface area contributed by atoms with Crippen LogP contribution in [0.25, 0.3) is 0 Å². The number of benzene rings is 1. The molecule has 1 N–H and O–H groups in total. The summed E-state index contributed by atoms with van der Waals surface area (Å²) in [6.45, 7) is 7.50. The second-order valence-electron chi connectivity index (χ2n) is 6.43. The Labute approximate surface area is 133 Å². The third-order valence-corrected chi connectivity index (χ3v) is 4.65. The van der Waals surface area contributed by atoms with Gasteiger partial charge in [-0.05, 0) is 43.4 Å². The molecule has 0 aliphatic carbocycles. The molecule has 0 spiro atoms. The zero-order valence-corrected chi connectivity index (χ0v) is 13.6. The highest BCUT2D eigenvalue weighted by atomic mass is 16.3. The summed E-state index contributed by atoms with van der Waals surface area (Å²) in [4.78, 5) is 14.6. The van der Waals surface area contributed by atoms with Gasteiger partial charge in [0.05, 0.1) is 6.61 Å². The number of carbonyl (C=O) groups excluding carboxylic acids is 1. The van der Waals surface area contributed by atoms with E-state index in [1.54, 1.807) is 0 Å². The van der Waals surface area contributed by atoms with Crippen LogP contribution in [0.15, 0.2) is 36.9 Å². The van der Waals surface area contributed by atoms with Crippen LogP contribution in [0.3, 0.4) is 0 Å². The molecule has 0 saturated carbocycles. The first kappa shape index (κ1) is 16.8. The maximum atomic E-state index is 12.7. The molecular weight excluding hydrogens is 274 g/mol. The quantitative estimate of drug-likeness (QED) is 0.818. The normalized spacial score (nSPS) is 21.6. The van der Waals surface area contributed by atoms with E-state index in [1.807, 2.05) is 35.2 Å². The highest BCUT2D eigenvalue weighted by Gasteiger charge is 2.36. The van der Waals surface area contributed by atoms with Gasteiger partial charge in [0, 0.05) is 24.1 Å². The highest BCUT2D eigenvalue weighted by Crippen LogP contribution is 2.34. The van der Waals surface area contributed by atoms with E-state index < -0.39 is 0 Å². The molecule has 0 radical (unpaired) electrons. The lowest BCUT2D eigenvalue weighted by Gasteiger charge is -2.42. The molecule has 1 fully saturated rings. The zero-order valence-electron chi connectivity index (χ0n) is 13.6. The van der Waals surface area contributed by atoms with E-state index in [1.165, 1.54) is 5.56 Å². The van der Waals surface area contributed by atoms with E-state index in [0.29, 0.717) is 6.54 Å². The smallest absolute Gasteiger partial charge is 0.253 e.